The largest absolute Gasteiger partial charge is 0.461 e. The Morgan fingerprint density at radius 2 is 1.94 bits per heavy atom. The van der Waals surface area contributed by atoms with Gasteiger partial charge < -0.3 is 9.84 Å². The van der Waals surface area contributed by atoms with E-state index in [2.05, 4.69) is 0 Å². The summed E-state index contributed by atoms with van der Waals surface area (Å²) < 4.78 is 5.05. The molecule has 0 heterocycles. The quantitative estimate of drug-likeness (QED) is 0.750. The number of ether oxygens (including phenoxy) is 1. The van der Waals surface area contributed by atoms with E-state index >= 15 is 0 Å². The van der Waals surface area contributed by atoms with E-state index in [0.29, 0.717) is 0 Å². The molecule has 1 atom stereocenters. The molecule has 0 aliphatic heterocycles. The maximum absolute atomic E-state index is 11.4. The predicted octanol–water partition coefficient (Wildman–Crippen LogP) is 1.85. The number of benzene rings is 1. The molecule has 0 aliphatic carbocycles. The average Bonchev–Trinajstić information content (AvgIpc) is 2.34. The molecule has 0 saturated heterocycles. The number of Topliss-reactive ketones (excluding diaryl/α,β-unsaturated/α-hetero) is 1. The Morgan fingerprint density at radius 1 is 1.28 bits per heavy atom. The first-order valence-corrected chi connectivity index (χ1v) is 5.95. The number of hydrogen-bond acceptors (Lipinski definition) is 4. The number of aliphatic hydroxyl groups is 1. The van der Waals surface area contributed by atoms with Crippen LogP contribution in [-0.4, -0.2) is 23.0 Å². The smallest absolute Gasteiger partial charge is 0.306 e. The Morgan fingerprint density at radius 3 is 2.56 bits per heavy atom. The maximum Gasteiger partial charge on any atom is 0.306 e. The van der Waals surface area contributed by atoms with Gasteiger partial charge in [0, 0.05) is 12.8 Å². The minimum atomic E-state index is -0.758. The number of carbonyl (C=O) groups excluding carboxylic acids is 2. The maximum atomic E-state index is 11.4. The normalized spacial score (nSPS) is 11.9. The average molecular weight is 250 g/mol. The lowest BCUT2D eigenvalue weighted by molar-refractivity contribution is -0.145. The third-order valence-corrected chi connectivity index (χ3v) is 2.45. The van der Waals surface area contributed by atoms with Crippen LogP contribution in [0.25, 0.3) is 0 Å². The van der Waals surface area contributed by atoms with E-state index in [1.807, 2.05) is 30.3 Å². The zero-order valence-corrected chi connectivity index (χ0v) is 10.5. The van der Waals surface area contributed by atoms with E-state index in [0.717, 1.165) is 5.56 Å². The molecule has 1 rings (SSSR count). The number of carbonyl (C=O) groups is 2. The fourth-order valence-electron chi connectivity index (χ4n) is 1.53. The topological polar surface area (TPSA) is 63.6 Å². The first-order valence-electron chi connectivity index (χ1n) is 5.95. The fourth-order valence-corrected chi connectivity index (χ4v) is 1.53. The van der Waals surface area contributed by atoms with Crippen LogP contribution >= 0.6 is 0 Å². The zero-order valence-electron chi connectivity index (χ0n) is 10.5. The van der Waals surface area contributed by atoms with Crippen molar-refractivity contribution in [3.63, 3.8) is 0 Å². The highest BCUT2D eigenvalue weighted by molar-refractivity contribution is 5.76. The number of hydrogen-bond donors (Lipinski definition) is 1. The van der Waals surface area contributed by atoms with Gasteiger partial charge in [-0.3, -0.25) is 9.59 Å². The van der Waals surface area contributed by atoms with Gasteiger partial charge in [-0.25, -0.2) is 0 Å². The van der Waals surface area contributed by atoms with E-state index < -0.39 is 6.10 Å². The molecule has 0 aliphatic rings. The molecule has 0 saturated carbocycles. The highest BCUT2D eigenvalue weighted by Crippen LogP contribution is 2.06. The summed E-state index contributed by atoms with van der Waals surface area (Å²) in [5, 5.41) is 9.43. The summed E-state index contributed by atoms with van der Waals surface area (Å²) in [6, 6.07) is 9.39. The highest BCUT2D eigenvalue weighted by Gasteiger charge is 2.11. The van der Waals surface area contributed by atoms with Gasteiger partial charge in [0.2, 0.25) is 0 Å². The highest BCUT2D eigenvalue weighted by atomic mass is 16.5. The Bertz CT molecular complexity index is 386. The van der Waals surface area contributed by atoms with Crippen LogP contribution in [0.3, 0.4) is 0 Å². The first-order chi connectivity index (χ1) is 8.58. The molecule has 0 aromatic heterocycles. The predicted molar refractivity (Wildman–Crippen MR) is 66.8 cm³/mol. The van der Waals surface area contributed by atoms with Crippen LogP contribution in [0, 0.1) is 0 Å². The monoisotopic (exact) mass is 250 g/mol. The fraction of sp³-hybridized carbons (Fsp3) is 0.429. The molecule has 0 bridgehead atoms. The molecule has 0 spiro atoms. The van der Waals surface area contributed by atoms with Crippen molar-refractivity contribution in [1.29, 1.82) is 0 Å². The molecular weight excluding hydrogens is 232 g/mol. The summed E-state index contributed by atoms with van der Waals surface area (Å²) in [6.45, 7) is 1.65. The van der Waals surface area contributed by atoms with E-state index in [1.165, 1.54) is 6.92 Å². The Balaban J connectivity index is 2.20. The van der Waals surface area contributed by atoms with Crippen LogP contribution in [0.15, 0.2) is 30.3 Å². The summed E-state index contributed by atoms with van der Waals surface area (Å²) in [7, 11) is 0. The van der Waals surface area contributed by atoms with Crippen molar-refractivity contribution < 1.29 is 19.4 Å². The van der Waals surface area contributed by atoms with Crippen molar-refractivity contribution in [3.8, 4) is 0 Å². The van der Waals surface area contributed by atoms with Gasteiger partial charge in [-0.15, -0.1) is 0 Å². The van der Waals surface area contributed by atoms with Crippen molar-refractivity contribution in [2.24, 2.45) is 0 Å². The van der Waals surface area contributed by atoms with Crippen molar-refractivity contribution in [2.45, 2.75) is 38.9 Å². The Kier molecular flexibility index (Phi) is 6.08. The third-order valence-electron chi connectivity index (χ3n) is 2.45. The van der Waals surface area contributed by atoms with Crippen molar-refractivity contribution in [1.82, 2.24) is 0 Å². The molecule has 4 nitrogen and oxygen atoms in total. The molecule has 98 valence electrons. The Labute approximate surface area is 107 Å². The van der Waals surface area contributed by atoms with Gasteiger partial charge in [0.1, 0.15) is 12.4 Å². The molecule has 1 aromatic rings. The Hall–Kier alpha value is -1.68. The molecule has 1 N–H and O–H groups in total. The van der Waals surface area contributed by atoms with Crippen molar-refractivity contribution >= 4 is 11.8 Å². The lowest BCUT2D eigenvalue weighted by atomic mass is 10.1. The summed E-state index contributed by atoms with van der Waals surface area (Å²) in [4.78, 5) is 22.1. The van der Waals surface area contributed by atoms with Gasteiger partial charge in [0.15, 0.2) is 0 Å². The summed E-state index contributed by atoms with van der Waals surface area (Å²) >= 11 is 0. The van der Waals surface area contributed by atoms with E-state index in [1.54, 1.807) is 0 Å². The molecule has 0 radical (unpaired) electrons. The SMILES string of the molecule is CC(=O)C[C@H](O)CCC(=O)OCc1ccccc1. The molecular formula is C14H18O4. The number of rotatable bonds is 7. The van der Waals surface area contributed by atoms with Crippen LogP contribution in [-0.2, 0) is 20.9 Å². The van der Waals surface area contributed by atoms with E-state index in [9.17, 15) is 14.7 Å². The van der Waals surface area contributed by atoms with E-state index in [4.69, 9.17) is 4.74 Å². The van der Waals surface area contributed by atoms with Gasteiger partial charge in [-0.1, -0.05) is 30.3 Å². The number of esters is 1. The first kappa shape index (κ1) is 14.4. The minimum Gasteiger partial charge on any atom is -0.461 e. The van der Waals surface area contributed by atoms with Crippen molar-refractivity contribution in [2.75, 3.05) is 0 Å². The molecule has 4 heteroatoms. The van der Waals surface area contributed by atoms with Gasteiger partial charge in [-0.2, -0.15) is 0 Å². The van der Waals surface area contributed by atoms with Crippen LogP contribution in [0.1, 0.15) is 31.7 Å². The lowest BCUT2D eigenvalue weighted by Crippen LogP contribution is -2.14. The zero-order chi connectivity index (χ0) is 13.4. The molecule has 0 fully saturated rings. The molecule has 0 unspecified atom stereocenters. The summed E-state index contributed by atoms with van der Waals surface area (Å²) in [5.41, 5.74) is 0.926. The van der Waals surface area contributed by atoms with Crippen LogP contribution in [0.4, 0.5) is 0 Å². The number of aliphatic hydroxyl groups excluding tert-OH is 1. The second-order valence-corrected chi connectivity index (χ2v) is 4.24. The lowest BCUT2D eigenvalue weighted by Gasteiger charge is -2.08. The van der Waals surface area contributed by atoms with Crippen LogP contribution in [0.2, 0.25) is 0 Å². The molecule has 0 amide bonds. The second-order valence-electron chi connectivity index (χ2n) is 4.24. The number of ketones is 1. The summed E-state index contributed by atoms with van der Waals surface area (Å²) in [5.74, 6) is -0.443. The van der Waals surface area contributed by atoms with Crippen LogP contribution in [0.5, 0.6) is 0 Å². The standard InChI is InChI=1S/C14H18O4/c1-11(15)9-13(16)7-8-14(17)18-10-12-5-3-2-4-6-12/h2-6,13,16H,7-10H2,1H3/t13-/m1/s1. The minimum absolute atomic E-state index is 0.0832. The summed E-state index contributed by atoms with van der Waals surface area (Å²) in [6.07, 6.45) is -0.285. The van der Waals surface area contributed by atoms with Gasteiger partial charge >= 0.3 is 5.97 Å². The second kappa shape index (κ2) is 7.61. The van der Waals surface area contributed by atoms with Crippen molar-refractivity contribution in [3.05, 3.63) is 35.9 Å². The molecule has 18 heavy (non-hydrogen) atoms. The third kappa shape index (κ3) is 6.15. The van der Waals surface area contributed by atoms with Crippen LogP contribution < -0.4 is 0 Å². The van der Waals surface area contributed by atoms with E-state index in [-0.39, 0.29) is 37.6 Å². The molecule has 1 aromatic carbocycles. The van der Waals surface area contributed by atoms with Gasteiger partial charge in [0.25, 0.3) is 0 Å². The van der Waals surface area contributed by atoms with Gasteiger partial charge in [0.05, 0.1) is 6.10 Å². The van der Waals surface area contributed by atoms with Gasteiger partial charge in [-0.05, 0) is 18.9 Å².